The molecule has 1 unspecified atom stereocenters. The summed E-state index contributed by atoms with van der Waals surface area (Å²) < 4.78 is 46.9. The Balaban J connectivity index is 4.07. The van der Waals surface area contributed by atoms with Crippen LogP contribution in [-0.4, -0.2) is 111 Å². The Labute approximate surface area is 206 Å². The molecule has 0 rings (SSSR count). The topological polar surface area (TPSA) is 94.1 Å². The number of aliphatic hydroxyl groups is 1. The van der Waals surface area contributed by atoms with Crippen LogP contribution in [-0.2, 0) is 36.0 Å². The van der Waals surface area contributed by atoms with Crippen LogP contribution in [0.2, 0.25) is 58.9 Å². The monoisotopic (exact) mass is 546 g/mol. The molecule has 0 aromatic heterocycles. The summed E-state index contributed by atoms with van der Waals surface area (Å²) in [7, 11) is -8.36. The average Bonchev–Trinajstić information content (AvgIpc) is 2.60. The third-order valence-electron chi connectivity index (χ3n) is 3.62. The summed E-state index contributed by atoms with van der Waals surface area (Å²) >= 11 is 0. The molecule has 0 saturated carbocycles. The summed E-state index contributed by atoms with van der Waals surface area (Å²) in [6.45, 7) is 23.7. The SMILES string of the molecule is C[Si](C)(C)O[Si](C)(C)O[Si](C)(COCCOCCOCCOCCOCCO)O[Si](C)(C)C. The first kappa shape index (κ1) is 33.5. The quantitative estimate of drug-likeness (QED) is 0.162. The molecule has 13 heteroatoms. The summed E-state index contributed by atoms with van der Waals surface area (Å²) in [6.07, 6.45) is 0.460. The highest BCUT2D eigenvalue weighted by Crippen LogP contribution is 2.24. The maximum atomic E-state index is 8.59. The van der Waals surface area contributed by atoms with Crippen molar-refractivity contribution < 1.29 is 41.1 Å². The van der Waals surface area contributed by atoms with Gasteiger partial charge in [-0.05, 0) is 58.9 Å². The highest BCUT2D eigenvalue weighted by molar-refractivity contribution is 6.89. The molecule has 0 aromatic rings. The smallest absolute Gasteiger partial charge is 0.342 e. The fourth-order valence-corrected chi connectivity index (χ4v) is 20.5. The molecule has 0 aliphatic heterocycles. The van der Waals surface area contributed by atoms with Crippen LogP contribution in [0.15, 0.2) is 0 Å². The first-order chi connectivity index (χ1) is 15.2. The van der Waals surface area contributed by atoms with Gasteiger partial charge in [0, 0.05) is 0 Å². The van der Waals surface area contributed by atoms with Crippen molar-refractivity contribution in [2.45, 2.75) is 58.9 Å². The molecular formula is C20H50O9Si4. The maximum Gasteiger partial charge on any atom is 0.342 e. The van der Waals surface area contributed by atoms with E-state index in [1.165, 1.54) is 0 Å². The molecule has 200 valence electrons. The molecule has 1 N–H and O–H groups in total. The van der Waals surface area contributed by atoms with E-state index in [2.05, 4.69) is 58.9 Å². The van der Waals surface area contributed by atoms with E-state index in [0.29, 0.717) is 65.7 Å². The third kappa shape index (κ3) is 22.7. The summed E-state index contributed by atoms with van der Waals surface area (Å²) in [6, 6.07) is 0. The van der Waals surface area contributed by atoms with Crippen molar-refractivity contribution in [2.75, 3.05) is 72.3 Å². The van der Waals surface area contributed by atoms with Gasteiger partial charge in [-0.1, -0.05) is 0 Å². The van der Waals surface area contributed by atoms with E-state index >= 15 is 0 Å². The van der Waals surface area contributed by atoms with E-state index in [4.69, 9.17) is 41.1 Å². The lowest BCUT2D eigenvalue weighted by atomic mass is 10.7. The first-order valence-electron chi connectivity index (χ1n) is 11.8. The van der Waals surface area contributed by atoms with Gasteiger partial charge in [0.25, 0.3) is 0 Å². The fourth-order valence-electron chi connectivity index (χ4n) is 3.21. The molecule has 0 aliphatic carbocycles. The number of hydrogen-bond acceptors (Lipinski definition) is 9. The van der Waals surface area contributed by atoms with E-state index < -0.39 is 33.8 Å². The standard InChI is InChI=1S/C20H50O9Si4/c1-30(2,3)27-32(7,8)29-33(9,28-31(4,5)6)20-26-19-18-25-17-16-24-15-14-23-13-12-22-11-10-21/h21H,10-20H2,1-9H3. The first-order valence-corrected chi connectivity index (χ1v) is 23.9. The Hall–Kier alpha value is 0.508. The van der Waals surface area contributed by atoms with Crippen LogP contribution < -0.4 is 0 Å². The predicted molar refractivity (Wildman–Crippen MR) is 140 cm³/mol. The van der Waals surface area contributed by atoms with Crippen LogP contribution in [0.4, 0.5) is 0 Å². The molecule has 0 aromatic carbocycles. The largest absolute Gasteiger partial charge is 0.437 e. The van der Waals surface area contributed by atoms with Crippen LogP contribution in [0.25, 0.3) is 0 Å². The van der Waals surface area contributed by atoms with E-state index in [-0.39, 0.29) is 6.61 Å². The number of hydrogen-bond donors (Lipinski definition) is 1. The molecule has 33 heavy (non-hydrogen) atoms. The number of ether oxygens (including phenoxy) is 5. The molecule has 0 aliphatic rings. The van der Waals surface area contributed by atoms with Crippen molar-refractivity contribution in [3.63, 3.8) is 0 Å². The second kappa shape index (κ2) is 17.0. The fraction of sp³-hybridized carbons (Fsp3) is 1.00. The minimum Gasteiger partial charge on any atom is -0.437 e. The molecule has 0 radical (unpaired) electrons. The zero-order chi connectivity index (χ0) is 25.4. The van der Waals surface area contributed by atoms with Gasteiger partial charge in [0.1, 0.15) is 0 Å². The van der Waals surface area contributed by atoms with Crippen molar-refractivity contribution in [1.82, 2.24) is 0 Å². The van der Waals surface area contributed by atoms with Crippen molar-refractivity contribution >= 4 is 33.8 Å². The van der Waals surface area contributed by atoms with E-state index in [0.717, 1.165) is 0 Å². The summed E-state index contributed by atoms with van der Waals surface area (Å²) in [5.41, 5.74) is 0. The molecule has 0 saturated heterocycles. The van der Waals surface area contributed by atoms with E-state index in [9.17, 15) is 0 Å². The minimum atomic E-state index is -2.54. The molecule has 9 nitrogen and oxygen atoms in total. The second-order valence-electron chi connectivity index (χ2n) is 10.3. The van der Waals surface area contributed by atoms with Crippen molar-refractivity contribution in [1.29, 1.82) is 0 Å². The Morgan fingerprint density at radius 3 is 1.18 bits per heavy atom. The van der Waals surface area contributed by atoms with Gasteiger partial charge in [0.2, 0.25) is 0 Å². The molecule has 0 spiro atoms. The van der Waals surface area contributed by atoms with Crippen molar-refractivity contribution in [2.24, 2.45) is 0 Å². The van der Waals surface area contributed by atoms with Crippen LogP contribution in [0.5, 0.6) is 0 Å². The Bertz CT molecular complexity index is 487. The van der Waals surface area contributed by atoms with Crippen LogP contribution in [0.3, 0.4) is 0 Å². The van der Waals surface area contributed by atoms with E-state index in [1.54, 1.807) is 0 Å². The van der Waals surface area contributed by atoms with Crippen LogP contribution >= 0.6 is 0 Å². The molecule has 0 fully saturated rings. The number of rotatable bonds is 22. The van der Waals surface area contributed by atoms with Crippen LogP contribution in [0, 0.1) is 0 Å². The lowest BCUT2D eigenvalue weighted by molar-refractivity contribution is -0.0120. The van der Waals surface area contributed by atoms with Crippen molar-refractivity contribution in [3.8, 4) is 0 Å². The van der Waals surface area contributed by atoms with Gasteiger partial charge in [0.05, 0.1) is 72.3 Å². The molecule has 0 amide bonds. The van der Waals surface area contributed by atoms with Gasteiger partial charge in [-0.15, -0.1) is 0 Å². The molecule has 0 bridgehead atoms. The lowest BCUT2D eigenvalue weighted by Crippen LogP contribution is -2.59. The normalized spacial score (nSPS) is 15.1. The van der Waals surface area contributed by atoms with Gasteiger partial charge >= 0.3 is 17.1 Å². The molecular weight excluding hydrogens is 497 g/mol. The Morgan fingerprint density at radius 1 is 0.455 bits per heavy atom. The maximum absolute atomic E-state index is 8.59. The zero-order valence-corrected chi connectivity index (χ0v) is 26.5. The summed E-state index contributed by atoms with van der Waals surface area (Å²) in [5, 5.41) is 8.59. The van der Waals surface area contributed by atoms with Crippen LogP contribution in [0.1, 0.15) is 0 Å². The third-order valence-corrected chi connectivity index (χ3v) is 16.6. The van der Waals surface area contributed by atoms with Gasteiger partial charge < -0.3 is 41.1 Å². The minimum absolute atomic E-state index is 0.0306. The second-order valence-corrected chi connectivity index (χ2v) is 26.5. The number of aliphatic hydroxyl groups excluding tert-OH is 1. The van der Waals surface area contributed by atoms with Gasteiger partial charge in [-0.2, -0.15) is 0 Å². The molecule has 1 atom stereocenters. The van der Waals surface area contributed by atoms with Crippen molar-refractivity contribution in [3.05, 3.63) is 0 Å². The lowest BCUT2D eigenvalue weighted by Gasteiger charge is -2.41. The highest BCUT2D eigenvalue weighted by Gasteiger charge is 2.44. The Morgan fingerprint density at radius 2 is 0.818 bits per heavy atom. The van der Waals surface area contributed by atoms with E-state index in [1.807, 2.05) is 0 Å². The average molecular weight is 547 g/mol. The van der Waals surface area contributed by atoms with Gasteiger partial charge in [0.15, 0.2) is 16.6 Å². The summed E-state index contributed by atoms with van der Waals surface area (Å²) in [5.74, 6) is 0. The molecule has 0 heterocycles. The zero-order valence-electron chi connectivity index (χ0n) is 22.5. The summed E-state index contributed by atoms with van der Waals surface area (Å²) in [4.78, 5) is 0. The Kier molecular flexibility index (Phi) is 17.3. The van der Waals surface area contributed by atoms with Gasteiger partial charge in [-0.3, -0.25) is 0 Å². The van der Waals surface area contributed by atoms with Gasteiger partial charge in [-0.25, -0.2) is 0 Å². The highest BCUT2D eigenvalue weighted by atomic mass is 28.5. The predicted octanol–water partition coefficient (Wildman–Crippen LogP) is 3.09.